The van der Waals surface area contributed by atoms with E-state index in [2.05, 4.69) is 4.98 Å². The fraction of sp³-hybridized carbons (Fsp3) is 0.643. The van der Waals surface area contributed by atoms with Crippen molar-refractivity contribution in [2.24, 2.45) is 0 Å². The van der Waals surface area contributed by atoms with E-state index in [1.165, 1.54) is 0 Å². The van der Waals surface area contributed by atoms with Gasteiger partial charge >= 0.3 is 5.97 Å². The van der Waals surface area contributed by atoms with Gasteiger partial charge in [0.2, 0.25) is 5.01 Å². The maximum Gasteiger partial charge on any atom is 0.367 e. The smallest absolute Gasteiger partial charge is 0.367 e. The van der Waals surface area contributed by atoms with Crippen molar-refractivity contribution in [3.05, 3.63) is 16.1 Å². The summed E-state index contributed by atoms with van der Waals surface area (Å²) in [6.45, 7) is 2.76. The zero-order valence-electron chi connectivity index (χ0n) is 12.1. The van der Waals surface area contributed by atoms with Gasteiger partial charge < -0.3 is 14.7 Å². The predicted octanol–water partition coefficient (Wildman–Crippen LogP) is 1.70. The lowest BCUT2D eigenvalue weighted by molar-refractivity contribution is 0.0525. The minimum atomic E-state index is -0.493. The van der Waals surface area contributed by atoms with Crippen LogP contribution in [0.2, 0.25) is 0 Å². The third kappa shape index (κ3) is 3.79. The van der Waals surface area contributed by atoms with E-state index in [1.807, 2.05) is 0 Å². The molecule has 1 aliphatic heterocycles. The van der Waals surface area contributed by atoms with Gasteiger partial charge in [-0.25, -0.2) is 9.78 Å². The number of nitrogens with zero attached hydrogens (tertiary/aromatic N) is 2. The zero-order chi connectivity index (χ0) is 15.2. The van der Waals surface area contributed by atoms with Crippen LogP contribution < -0.4 is 0 Å². The molecule has 6 nitrogen and oxygen atoms in total. The third-order valence-electron chi connectivity index (χ3n) is 3.52. The minimum absolute atomic E-state index is 0.0593. The molecule has 1 aromatic heterocycles. The number of ether oxygens (including phenoxy) is 1. The Labute approximate surface area is 127 Å². The monoisotopic (exact) mass is 312 g/mol. The summed E-state index contributed by atoms with van der Waals surface area (Å²) in [6.07, 6.45) is 3.52. The number of esters is 1. The maximum absolute atomic E-state index is 12.5. The number of aliphatic hydroxyl groups excluding tert-OH is 1. The van der Waals surface area contributed by atoms with Crippen LogP contribution in [0.25, 0.3) is 0 Å². The molecule has 1 atom stereocenters. The standard InChI is InChI=1S/C14H20N2O4S/c1-2-20-14(19)12-15-11(9-21-12)13(18)16-7-4-3-5-10(16)6-8-17/h9-10,17H,2-8H2,1H3. The molecule has 1 amide bonds. The summed E-state index contributed by atoms with van der Waals surface area (Å²) in [5.74, 6) is -0.660. The number of carbonyl (C=O) groups excluding carboxylic acids is 2. The quantitative estimate of drug-likeness (QED) is 0.837. The molecule has 1 aliphatic rings. The first kappa shape index (κ1) is 15.9. The molecule has 0 saturated carbocycles. The topological polar surface area (TPSA) is 79.7 Å². The highest BCUT2D eigenvalue weighted by Gasteiger charge is 2.29. The van der Waals surface area contributed by atoms with Crippen molar-refractivity contribution in [3.63, 3.8) is 0 Å². The Bertz CT molecular complexity index is 501. The van der Waals surface area contributed by atoms with Crippen molar-refractivity contribution in [3.8, 4) is 0 Å². The zero-order valence-corrected chi connectivity index (χ0v) is 12.9. The number of aromatic nitrogens is 1. The number of hydrogen-bond donors (Lipinski definition) is 1. The SMILES string of the molecule is CCOC(=O)c1nc(C(=O)N2CCCCC2CCO)cs1. The molecule has 1 N–H and O–H groups in total. The Morgan fingerprint density at radius 3 is 3.05 bits per heavy atom. The second kappa shape index (κ2) is 7.51. The van der Waals surface area contributed by atoms with E-state index >= 15 is 0 Å². The Hall–Kier alpha value is -1.47. The van der Waals surface area contributed by atoms with E-state index in [4.69, 9.17) is 9.84 Å². The highest BCUT2D eigenvalue weighted by molar-refractivity contribution is 7.11. The van der Waals surface area contributed by atoms with Crippen LogP contribution in [-0.4, -0.2) is 52.7 Å². The van der Waals surface area contributed by atoms with Crippen LogP contribution in [0.15, 0.2) is 5.38 Å². The summed E-state index contributed by atoms with van der Waals surface area (Å²) in [5.41, 5.74) is 0.285. The first-order valence-corrected chi connectivity index (χ1v) is 8.09. The van der Waals surface area contributed by atoms with Gasteiger partial charge in [-0.2, -0.15) is 0 Å². The van der Waals surface area contributed by atoms with Gasteiger partial charge in [0, 0.05) is 24.6 Å². The van der Waals surface area contributed by atoms with Gasteiger partial charge in [-0.1, -0.05) is 0 Å². The molecule has 0 spiro atoms. The molecule has 0 aliphatic carbocycles. The fourth-order valence-corrected chi connectivity index (χ4v) is 3.21. The van der Waals surface area contributed by atoms with Crippen LogP contribution in [-0.2, 0) is 4.74 Å². The van der Waals surface area contributed by atoms with Gasteiger partial charge in [-0.3, -0.25) is 4.79 Å². The summed E-state index contributed by atoms with van der Waals surface area (Å²) < 4.78 is 4.88. The molecule has 2 rings (SSSR count). The van der Waals surface area contributed by atoms with E-state index in [-0.39, 0.29) is 35.9 Å². The molecule has 1 fully saturated rings. The molecule has 116 valence electrons. The number of thiazole rings is 1. The van der Waals surface area contributed by atoms with Gasteiger partial charge in [0.15, 0.2) is 0 Å². The summed E-state index contributed by atoms with van der Waals surface area (Å²) >= 11 is 1.12. The molecular formula is C14H20N2O4S. The largest absolute Gasteiger partial charge is 0.461 e. The average Bonchev–Trinajstić information content (AvgIpc) is 2.98. The van der Waals surface area contributed by atoms with Crippen LogP contribution in [0.3, 0.4) is 0 Å². The van der Waals surface area contributed by atoms with Crippen molar-refractivity contribution < 1.29 is 19.4 Å². The van der Waals surface area contributed by atoms with Crippen molar-refractivity contribution >= 4 is 23.2 Å². The number of rotatable bonds is 5. The molecule has 1 saturated heterocycles. The lowest BCUT2D eigenvalue weighted by Crippen LogP contribution is -2.44. The van der Waals surface area contributed by atoms with Crippen LogP contribution in [0.4, 0.5) is 0 Å². The number of amides is 1. The molecule has 1 unspecified atom stereocenters. The lowest BCUT2D eigenvalue weighted by Gasteiger charge is -2.35. The van der Waals surface area contributed by atoms with E-state index in [1.54, 1.807) is 17.2 Å². The summed E-state index contributed by atoms with van der Waals surface area (Å²) in [4.78, 5) is 30.0. The van der Waals surface area contributed by atoms with Gasteiger partial charge in [0.1, 0.15) is 5.69 Å². The summed E-state index contributed by atoms with van der Waals surface area (Å²) in [6, 6.07) is 0.0593. The van der Waals surface area contributed by atoms with Crippen molar-refractivity contribution in [2.75, 3.05) is 19.8 Å². The Balaban J connectivity index is 2.09. The molecule has 0 radical (unpaired) electrons. The number of piperidine rings is 1. The van der Waals surface area contributed by atoms with Gasteiger partial charge in [-0.15, -0.1) is 11.3 Å². The van der Waals surface area contributed by atoms with Gasteiger partial charge in [-0.05, 0) is 32.6 Å². The molecule has 0 aromatic carbocycles. The number of likely N-dealkylation sites (tertiary alicyclic amines) is 1. The van der Waals surface area contributed by atoms with E-state index < -0.39 is 5.97 Å². The molecule has 2 heterocycles. The highest BCUT2D eigenvalue weighted by Crippen LogP contribution is 2.22. The van der Waals surface area contributed by atoms with Gasteiger partial charge in [0.05, 0.1) is 6.61 Å². The van der Waals surface area contributed by atoms with E-state index in [9.17, 15) is 9.59 Å². The molecule has 1 aromatic rings. The maximum atomic E-state index is 12.5. The second-order valence-electron chi connectivity index (χ2n) is 4.92. The summed E-state index contributed by atoms with van der Waals surface area (Å²) in [5, 5.41) is 10.9. The highest BCUT2D eigenvalue weighted by atomic mass is 32.1. The Morgan fingerprint density at radius 1 is 1.52 bits per heavy atom. The molecule has 21 heavy (non-hydrogen) atoms. The van der Waals surface area contributed by atoms with Crippen LogP contribution in [0.5, 0.6) is 0 Å². The van der Waals surface area contributed by atoms with E-state index in [0.29, 0.717) is 13.0 Å². The second-order valence-corrected chi connectivity index (χ2v) is 5.78. The van der Waals surface area contributed by atoms with Gasteiger partial charge in [0.25, 0.3) is 5.91 Å². The van der Waals surface area contributed by atoms with Crippen LogP contribution in [0.1, 0.15) is 52.9 Å². The van der Waals surface area contributed by atoms with Crippen molar-refractivity contribution in [1.29, 1.82) is 0 Å². The Kier molecular flexibility index (Phi) is 5.69. The Morgan fingerprint density at radius 2 is 2.33 bits per heavy atom. The fourth-order valence-electron chi connectivity index (χ4n) is 2.52. The first-order valence-electron chi connectivity index (χ1n) is 7.21. The molecule has 0 bridgehead atoms. The van der Waals surface area contributed by atoms with Crippen LogP contribution in [0, 0.1) is 0 Å². The van der Waals surface area contributed by atoms with Crippen LogP contribution >= 0.6 is 11.3 Å². The lowest BCUT2D eigenvalue weighted by atomic mass is 9.99. The third-order valence-corrected chi connectivity index (χ3v) is 4.35. The summed E-state index contributed by atoms with van der Waals surface area (Å²) in [7, 11) is 0. The van der Waals surface area contributed by atoms with Crippen molar-refractivity contribution in [2.45, 2.75) is 38.6 Å². The first-order chi connectivity index (χ1) is 10.2. The van der Waals surface area contributed by atoms with Crippen molar-refractivity contribution in [1.82, 2.24) is 9.88 Å². The minimum Gasteiger partial charge on any atom is -0.461 e. The number of hydrogen-bond acceptors (Lipinski definition) is 6. The predicted molar refractivity (Wildman–Crippen MR) is 78.4 cm³/mol. The van der Waals surface area contributed by atoms with E-state index in [0.717, 1.165) is 30.6 Å². The molecular weight excluding hydrogens is 292 g/mol. The normalized spacial score (nSPS) is 18.6. The molecule has 7 heteroatoms. The number of aliphatic hydroxyl groups is 1. The average molecular weight is 312 g/mol. The number of carbonyl (C=O) groups is 2.